The Bertz CT molecular complexity index is 416. The topological polar surface area (TPSA) is 34.1 Å². The Kier molecular flexibility index (Phi) is 3.52. The molecule has 1 rings (SSSR count). The first kappa shape index (κ1) is 11.8. The average Bonchev–Trinajstić information content (AvgIpc) is 2.16. The fraction of sp³-hybridized carbons (Fsp3) is 0.200. The highest BCUT2D eigenvalue weighted by molar-refractivity contribution is 6.33. The molecule has 1 aromatic carbocycles. The van der Waals surface area contributed by atoms with E-state index in [0.29, 0.717) is 6.29 Å². The van der Waals surface area contributed by atoms with E-state index in [9.17, 15) is 18.4 Å². The molecule has 15 heavy (non-hydrogen) atoms. The predicted molar refractivity (Wildman–Crippen MR) is 51.8 cm³/mol. The van der Waals surface area contributed by atoms with Crippen molar-refractivity contribution in [2.24, 2.45) is 0 Å². The maximum absolute atomic E-state index is 12.5. The SMILES string of the molecule is CC(=O)c1cc(Cl)c(C=O)cc1C(F)F. The Hall–Kier alpha value is -1.29. The van der Waals surface area contributed by atoms with Crippen LogP contribution in [0.3, 0.4) is 0 Å². The molecule has 2 nitrogen and oxygen atoms in total. The molecule has 0 aliphatic rings. The highest BCUT2D eigenvalue weighted by Gasteiger charge is 2.18. The van der Waals surface area contributed by atoms with Crippen LogP contribution in [0.15, 0.2) is 12.1 Å². The molecule has 0 N–H and O–H groups in total. The maximum atomic E-state index is 12.5. The van der Waals surface area contributed by atoms with E-state index in [1.807, 2.05) is 0 Å². The molecule has 0 unspecified atom stereocenters. The third-order valence-corrected chi connectivity index (χ3v) is 2.24. The van der Waals surface area contributed by atoms with Gasteiger partial charge in [-0.1, -0.05) is 11.6 Å². The lowest BCUT2D eigenvalue weighted by Crippen LogP contribution is -2.02. The number of carbonyl (C=O) groups excluding carboxylic acids is 2. The molecule has 0 aliphatic heterocycles. The highest BCUT2D eigenvalue weighted by atomic mass is 35.5. The average molecular weight is 233 g/mol. The first-order valence-electron chi connectivity index (χ1n) is 4.05. The molecule has 80 valence electrons. The quantitative estimate of drug-likeness (QED) is 0.592. The molecule has 0 saturated carbocycles. The number of ketones is 1. The van der Waals surface area contributed by atoms with Gasteiger partial charge in [-0.15, -0.1) is 0 Å². The van der Waals surface area contributed by atoms with Gasteiger partial charge in [-0.3, -0.25) is 9.59 Å². The van der Waals surface area contributed by atoms with Gasteiger partial charge in [0.05, 0.1) is 5.02 Å². The molecule has 0 bridgehead atoms. The molecule has 0 aliphatic carbocycles. The second kappa shape index (κ2) is 4.49. The summed E-state index contributed by atoms with van der Waals surface area (Å²) in [5.41, 5.74) is -0.661. The van der Waals surface area contributed by atoms with Crippen molar-refractivity contribution < 1.29 is 18.4 Å². The van der Waals surface area contributed by atoms with Crippen molar-refractivity contribution in [1.82, 2.24) is 0 Å². The molecule has 0 atom stereocenters. The lowest BCUT2D eigenvalue weighted by molar-refractivity contribution is 0.0997. The van der Waals surface area contributed by atoms with Crippen LogP contribution in [0.1, 0.15) is 39.6 Å². The van der Waals surface area contributed by atoms with Gasteiger partial charge in [0.25, 0.3) is 6.43 Å². The number of hydrogen-bond donors (Lipinski definition) is 0. The Labute approximate surface area is 89.8 Å². The van der Waals surface area contributed by atoms with E-state index in [1.54, 1.807) is 0 Å². The summed E-state index contributed by atoms with van der Waals surface area (Å²) in [4.78, 5) is 21.5. The Morgan fingerprint density at radius 2 is 2.07 bits per heavy atom. The van der Waals surface area contributed by atoms with E-state index >= 15 is 0 Å². The van der Waals surface area contributed by atoms with Crippen LogP contribution >= 0.6 is 11.6 Å². The van der Waals surface area contributed by atoms with Crippen molar-refractivity contribution in [3.8, 4) is 0 Å². The second-order valence-corrected chi connectivity index (χ2v) is 3.34. The Morgan fingerprint density at radius 3 is 2.47 bits per heavy atom. The van der Waals surface area contributed by atoms with Crippen molar-refractivity contribution in [3.63, 3.8) is 0 Å². The standard InChI is InChI=1S/C10H7ClF2O2/c1-5(15)7-3-9(11)6(4-14)2-8(7)10(12)13/h2-4,10H,1H3. The van der Waals surface area contributed by atoms with Crippen molar-refractivity contribution in [2.75, 3.05) is 0 Å². The lowest BCUT2D eigenvalue weighted by atomic mass is 10.0. The van der Waals surface area contributed by atoms with Gasteiger partial charge in [0.15, 0.2) is 12.1 Å². The molecule has 0 fully saturated rings. The number of alkyl halides is 2. The fourth-order valence-electron chi connectivity index (χ4n) is 1.18. The number of halogens is 3. The minimum Gasteiger partial charge on any atom is -0.298 e. The third-order valence-electron chi connectivity index (χ3n) is 1.91. The van der Waals surface area contributed by atoms with Crippen LogP contribution in [0.4, 0.5) is 8.78 Å². The van der Waals surface area contributed by atoms with Gasteiger partial charge >= 0.3 is 0 Å². The van der Waals surface area contributed by atoms with Crippen LogP contribution in [0, 0.1) is 0 Å². The minimum atomic E-state index is -2.81. The Balaban J connectivity index is 3.45. The first-order valence-corrected chi connectivity index (χ1v) is 4.43. The van der Waals surface area contributed by atoms with Gasteiger partial charge in [-0.05, 0) is 19.1 Å². The summed E-state index contributed by atoms with van der Waals surface area (Å²) in [6, 6.07) is 2.03. The first-order chi connectivity index (χ1) is 6.97. The van der Waals surface area contributed by atoms with Gasteiger partial charge in [-0.2, -0.15) is 0 Å². The largest absolute Gasteiger partial charge is 0.298 e. The fourth-order valence-corrected chi connectivity index (χ4v) is 1.39. The van der Waals surface area contributed by atoms with Crippen molar-refractivity contribution in [3.05, 3.63) is 33.8 Å². The predicted octanol–water partition coefficient (Wildman–Crippen LogP) is 3.29. The summed E-state index contributed by atoms with van der Waals surface area (Å²) in [5, 5.41) is -0.000370. The Morgan fingerprint density at radius 1 is 1.47 bits per heavy atom. The van der Waals surface area contributed by atoms with E-state index in [0.717, 1.165) is 19.1 Å². The van der Waals surface area contributed by atoms with Gasteiger partial charge in [-0.25, -0.2) is 8.78 Å². The van der Waals surface area contributed by atoms with Crippen LogP contribution < -0.4 is 0 Å². The number of hydrogen-bond acceptors (Lipinski definition) is 2. The van der Waals surface area contributed by atoms with E-state index in [1.165, 1.54) is 0 Å². The smallest absolute Gasteiger partial charge is 0.264 e. The molecule has 1 aromatic rings. The van der Waals surface area contributed by atoms with Gasteiger partial charge in [0.2, 0.25) is 0 Å². The van der Waals surface area contributed by atoms with E-state index in [4.69, 9.17) is 11.6 Å². The zero-order chi connectivity index (χ0) is 11.6. The number of carbonyl (C=O) groups is 2. The minimum absolute atomic E-state index is 0.000370. The molecule has 0 spiro atoms. The van der Waals surface area contributed by atoms with Crippen LogP contribution in [0.25, 0.3) is 0 Å². The summed E-state index contributed by atoms with van der Waals surface area (Å²) >= 11 is 5.62. The highest BCUT2D eigenvalue weighted by Crippen LogP contribution is 2.28. The molecular formula is C10H7ClF2O2. The summed E-state index contributed by atoms with van der Waals surface area (Å²) in [7, 11) is 0. The maximum Gasteiger partial charge on any atom is 0.264 e. The van der Waals surface area contributed by atoms with Gasteiger partial charge in [0, 0.05) is 16.7 Å². The lowest BCUT2D eigenvalue weighted by Gasteiger charge is -2.08. The van der Waals surface area contributed by atoms with E-state index in [-0.39, 0.29) is 16.1 Å². The van der Waals surface area contributed by atoms with Crippen LogP contribution in [0.5, 0.6) is 0 Å². The molecule has 0 radical (unpaired) electrons. The third kappa shape index (κ3) is 2.39. The number of benzene rings is 1. The molecule has 0 amide bonds. The van der Waals surface area contributed by atoms with Gasteiger partial charge < -0.3 is 0 Å². The monoisotopic (exact) mass is 232 g/mol. The normalized spacial score (nSPS) is 10.5. The van der Waals surface area contributed by atoms with Crippen molar-refractivity contribution >= 4 is 23.7 Å². The number of Topliss-reactive ketones (excluding diaryl/α,β-unsaturated/α-hetero) is 1. The zero-order valence-corrected chi connectivity index (χ0v) is 8.52. The van der Waals surface area contributed by atoms with Crippen LogP contribution in [0.2, 0.25) is 5.02 Å². The zero-order valence-electron chi connectivity index (χ0n) is 7.76. The molecule has 0 heterocycles. The van der Waals surface area contributed by atoms with Crippen LogP contribution in [-0.2, 0) is 0 Å². The molecule has 5 heteroatoms. The van der Waals surface area contributed by atoms with Crippen LogP contribution in [-0.4, -0.2) is 12.1 Å². The van der Waals surface area contributed by atoms with Crippen molar-refractivity contribution in [1.29, 1.82) is 0 Å². The summed E-state index contributed by atoms with van der Waals surface area (Å²) < 4.78 is 25.0. The summed E-state index contributed by atoms with van der Waals surface area (Å²) in [6.07, 6.45) is -2.43. The van der Waals surface area contributed by atoms with Crippen molar-refractivity contribution in [2.45, 2.75) is 13.3 Å². The molecule has 0 saturated heterocycles. The van der Waals surface area contributed by atoms with Gasteiger partial charge in [0.1, 0.15) is 0 Å². The molecular weight excluding hydrogens is 226 g/mol. The second-order valence-electron chi connectivity index (χ2n) is 2.94. The van der Waals surface area contributed by atoms with E-state index in [2.05, 4.69) is 0 Å². The summed E-state index contributed by atoms with van der Waals surface area (Å²) in [5.74, 6) is -0.510. The summed E-state index contributed by atoms with van der Waals surface area (Å²) in [6.45, 7) is 1.16. The van der Waals surface area contributed by atoms with E-state index < -0.39 is 17.8 Å². The number of aldehydes is 1. The number of rotatable bonds is 3. The molecule has 0 aromatic heterocycles.